The Hall–Kier alpha value is -1.82. The number of aromatic nitrogens is 3. The predicted molar refractivity (Wildman–Crippen MR) is 51.7 cm³/mol. The van der Waals surface area contributed by atoms with E-state index in [0.29, 0.717) is 5.69 Å². The van der Waals surface area contributed by atoms with E-state index >= 15 is 0 Å². The van der Waals surface area contributed by atoms with Gasteiger partial charge in [-0.2, -0.15) is 8.75 Å². The van der Waals surface area contributed by atoms with Crippen LogP contribution < -0.4 is 5.73 Å². The molecule has 2 rings (SSSR count). The van der Waals surface area contributed by atoms with Crippen molar-refractivity contribution < 1.29 is 4.79 Å². The monoisotopic (exact) mass is 206 g/mol. The van der Waals surface area contributed by atoms with Crippen molar-refractivity contribution in [3.8, 4) is 11.3 Å². The molecule has 0 bridgehead atoms. The van der Waals surface area contributed by atoms with Crippen LogP contribution in [0.1, 0.15) is 10.5 Å². The minimum Gasteiger partial charge on any atom is -0.364 e. The van der Waals surface area contributed by atoms with Gasteiger partial charge in [0.2, 0.25) is 0 Å². The number of primary amides is 1. The molecule has 5 nitrogen and oxygen atoms in total. The first-order valence-electron chi connectivity index (χ1n) is 3.82. The van der Waals surface area contributed by atoms with Crippen LogP contribution in [-0.2, 0) is 0 Å². The molecule has 14 heavy (non-hydrogen) atoms. The lowest BCUT2D eigenvalue weighted by molar-refractivity contribution is 0.0997. The van der Waals surface area contributed by atoms with Gasteiger partial charge in [0.1, 0.15) is 5.69 Å². The van der Waals surface area contributed by atoms with Crippen LogP contribution in [0, 0.1) is 0 Å². The molecule has 0 saturated heterocycles. The maximum absolute atomic E-state index is 11.0. The Balaban J connectivity index is 2.52. The summed E-state index contributed by atoms with van der Waals surface area (Å²) in [6.45, 7) is 0. The molecule has 6 heteroatoms. The molecule has 2 heterocycles. The third kappa shape index (κ3) is 1.47. The normalized spacial score (nSPS) is 10.0. The summed E-state index contributed by atoms with van der Waals surface area (Å²) in [5, 5.41) is 0. The summed E-state index contributed by atoms with van der Waals surface area (Å²) in [4.78, 5) is 14.9. The molecule has 0 aliphatic rings. The molecule has 2 aromatic heterocycles. The van der Waals surface area contributed by atoms with Gasteiger partial charge in [0.25, 0.3) is 5.91 Å². The number of hydrogen-bond donors (Lipinski definition) is 1. The number of amides is 1. The van der Waals surface area contributed by atoms with Gasteiger partial charge in [0.05, 0.1) is 11.7 Å². The van der Waals surface area contributed by atoms with Crippen LogP contribution in [0.3, 0.4) is 0 Å². The molecule has 0 spiro atoms. The molecule has 0 unspecified atom stereocenters. The van der Waals surface area contributed by atoms with Gasteiger partial charge in [-0.05, 0) is 12.1 Å². The zero-order valence-corrected chi connectivity index (χ0v) is 7.86. The highest BCUT2D eigenvalue weighted by atomic mass is 32.1. The molecule has 0 aliphatic carbocycles. The number of nitrogens with zero attached hydrogens (tertiary/aromatic N) is 3. The number of nitrogens with two attached hydrogens (primary N) is 1. The highest BCUT2D eigenvalue weighted by Crippen LogP contribution is 2.19. The van der Waals surface area contributed by atoms with E-state index in [-0.39, 0.29) is 5.69 Å². The highest BCUT2D eigenvalue weighted by molar-refractivity contribution is 6.99. The van der Waals surface area contributed by atoms with Crippen molar-refractivity contribution in [3.63, 3.8) is 0 Å². The van der Waals surface area contributed by atoms with Gasteiger partial charge in [0.15, 0.2) is 5.69 Å². The first-order chi connectivity index (χ1) is 6.79. The Morgan fingerprint density at radius 1 is 1.43 bits per heavy atom. The fourth-order valence-electron chi connectivity index (χ4n) is 1.04. The average molecular weight is 206 g/mol. The Bertz CT molecular complexity index is 453. The maximum atomic E-state index is 11.0. The molecule has 0 fully saturated rings. The van der Waals surface area contributed by atoms with Crippen molar-refractivity contribution in [1.29, 1.82) is 0 Å². The third-order valence-electron chi connectivity index (χ3n) is 1.66. The van der Waals surface area contributed by atoms with E-state index in [1.807, 2.05) is 0 Å². The van der Waals surface area contributed by atoms with Gasteiger partial charge >= 0.3 is 0 Å². The largest absolute Gasteiger partial charge is 0.364 e. The summed E-state index contributed by atoms with van der Waals surface area (Å²) < 4.78 is 7.82. The summed E-state index contributed by atoms with van der Waals surface area (Å²) in [7, 11) is 0. The zero-order chi connectivity index (χ0) is 9.97. The second-order valence-electron chi connectivity index (χ2n) is 2.57. The maximum Gasteiger partial charge on any atom is 0.270 e. The molecule has 1 amide bonds. The van der Waals surface area contributed by atoms with Gasteiger partial charge in [-0.15, -0.1) is 0 Å². The zero-order valence-electron chi connectivity index (χ0n) is 7.04. The van der Waals surface area contributed by atoms with Crippen molar-refractivity contribution in [2.45, 2.75) is 0 Å². The molecule has 0 aromatic carbocycles. The number of hydrogen-bond acceptors (Lipinski definition) is 5. The van der Waals surface area contributed by atoms with E-state index in [1.54, 1.807) is 24.5 Å². The van der Waals surface area contributed by atoms with E-state index in [9.17, 15) is 4.79 Å². The molecule has 0 aliphatic heterocycles. The van der Waals surface area contributed by atoms with Crippen molar-refractivity contribution in [3.05, 3.63) is 30.2 Å². The number of carbonyl (C=O) groups excluding carboxylic acids is 1. The molecule has 2 N–H and O–H groups in total. The van der Waals surface area contributed by atoms with Gasteiger partial charge in [-0.3, -0.25) is 9.78 Å². The first kappa shape index (κ1) is 8.76. The van der Waals surface area contributed by atoms with Gasteiger partial charge in [-0.1, -0.05) is 0 Å². The summed E-state index contributed by atoms with van der Waals surface area (Å²) in [6, 6.07) is 3.57. The van der Waals surface area contributed by atoms with Crippen LogP contribution in [-0.4, -0.2) is 19.6 Å². The molecule has 70 valence electrons. The summed E-state index contributed by atoms with van der Waals surface area (Å²) in [5.74, 6) is -0.572. The van der Waals surface area contributed by atoms with Crippen molar-refractivity contribution in [1.82, 2.24) is 13.7 Å². The summed E-state index contributed by atoms with van der Waals surface area (Å²) in [6.07, 6.45) is 3.26. The third-order valence-corrected chi connectivity index (χ3v) is 2.19. The topological polar surface area (TPSA) is 81.8 Å². The quantitative estimate of drug-likeness (QED) is 0.784. The Labute approximate surface area is 83.9 Å². The molecule has 2 aromatic rings. The molecule has 0 saturated carbocycles. The Morgan fingerprint density at radius 2 is 2.29 bits per heavy atom. The Morgan fingerprint density at radius 3 is 2.93 bits per heavy atom. The first-order valence-corrected chi connectivity index (χ1v) is 4.55. The fraction of sp³-hybridized carbons (Fsp3) is 0. The van der Waals surface area contributed by atoms with Crippen LogP contribution in [0.15, 0.2) is 24.5 Å². The lowest BCUT2D eigenvalue weighted by atomic mass is 10.2. The smallest absolute Gasteiger partial charge is 0.270 e. The van der Waals surface area contributed by atoms with E-state index < -0.39 is 5.91 Å². The van der Waals surface area contributed by atoms with Crippen molar-refractivity contribution in [2.75, 3.05) is 0 Å². The lowest BCUT2D eigenvalue weighted by Gasteiger charge is -1.95. The second-order valence-corrected chi connectivity index (χ2v) is 3.10. The van der Waals surface area contributed by atoms with E-state index in [4.69, 9.17) is 5.73 Å². The van der Waals surface area contributed by atoms with Gasteiger partial charge < -0.3 is 5.73 Å². The highest BCUT2D eigenvalue weighted by Gasteiger charge is 2.14. The van der Waals surface area contributed by atoms with Crippen molar-refractivity contribution in [2.24, 2.45) is 5.73 Å². The van der Waals surface area contributed by atoms with Crippen LogP contribution in [0.5, 0.6) is 0 Å². The summed E-state index contributed by atoms with van der Waals surface area (Å²) in [5.41, 5.74) is 6.58. The van der Waals surface area contributed by atoms with E-state index in [0.717, 1.165) is 17.3 Å². The predicted octanol–water partition coefficient (Wildman–Crippen LogP) is 0.699. The second kappa shape index (κ2) is 3.51. The van der Waals surface area contributed by atoms with Gasteiger partial charge in [0, 0.05) is 18.0 Å². The van der Waals surface area contributed by atoms with E-state index in [2.05, 4.69) is 13.7 Å². The van der Waals surface area contributed by atoms with Crippen molar-refractivity contribution >= 4 is 17.6 Å². The number of rotatable bonds is 2. The molecular formula is C8H6N4OS. The fourth-order valence-corrected chi connectivity index (χ4v) is 1.61. The van der Waals surface area contributed by atoms with E-state index in [1.165, 1.54) is 0 Å². The SMILES string of the molecule is NC(=O)c1nsnc1-c1cccnc1. The molecule has 0 atom stereocenters. The van der Waals surface area contributed by atoms with Crippen LogP contribution >= 0.6 is 11.7 Å². The lowest BCUT2D eigenvalue weighted by Crippen LogP contribution is -2.12. The number of carbonyl (C=O) groups is 1. The minimum absolute atomic E-state index is 0.197. The minimum atomic E-state index is -0.572. The molecule has 0 radical (unpaired) electrons. The van der Waals surface area contributed by atoms with Crippen LogP contribution in [0.2, 0.25) is 0 Å². The standard InChI is InChI=1S/C8H6N4OS/c9-8(13)7-6(11-14-12-7)5-2-1-3-10-4-5/h1-4H,(H2,9,13). The van der Waals surface area contributed by atoms with Crippen LogP contribution in [0.4, 0.5) is 0 Å². The van der Waals surface area contributed by atoms with Gasteiger partial charge in [-0.25, -0.2) is 0 Å². The van der Waals surface area contributed by atoms with Crippen LogP contribution in [0.25, 0.3) is 11.3 Å². The Kier molecular flexibility index (Phi) is 2.19. The average Bonchev–Trinajstić information content (AvgIpc) is 2.67. The molecular weight excluding hydrogens is 200 g/mol. The number of pyridine rings is 1. The summed E-state index contributed by atoms with van der Waals surface area (Å²) >= 11 is 0.961.